The highest BCUT2D eigenvalue weighted by Crippen LogP contribution is 2.22. The number of hydrogen-bond donors (Lipinski definition) is 1. The quantitative estimate of drug-likeness (QED) is 0.828. The molecule has 2 rings (SSSR count). The van der Waals surface area contributed by atoms with Gasteiger partial charge in [-0.15, -0.1) is 0 Å². The highest BCUT2D eigenvalue weighted by atomic mass is 35.5. The second-order valence-electron chi connectivity index (χ2n) is 5.12. The van der Waals surface area contributed by atoms with E-state index in [0.717, 1.165) is 16.4 Å². The maximum Gasteiger partial charge on any atom is 0.246 e. The Hall–Kier alpha value is -2.16. The topological polar surface area (TPSA) is 75.7 Å². The monoisotopic (exact) mass is 386 g/mol. The molecule has 2 aromatic carbocycles. The zero-order chi connectivity index (χ0) is 18.6. The number of ether oxygens (including phenoxy) is 1. The number of nitrogens with zero attached hydrogens (tertiary/aromatic N) is 1. The molecule has 0 heterocycles. The van der Waals surface area contributed by atoms with Gasteiger partial charge in [0.15, 0.2) is 0 Å². The Balaban J connectivity index is 2.11. The van der Waals surface area contributed by atoms with Crippen molar-refractivity contribution < 1.29 is 22.3 Å². The van der Waals surface area contributed by atoms with Gasteiger partial charge in [0.25, 0.3) is 0 Å². The van der Waals surface area contributed by atoms with Crippen molar-refractivity contribution in [2.24, 2.45) is 0 Å². The molecule has 0 unspecified atom stereocenters. The number of methoxy groups -OCH3 is 1. The average molecular weight is 387 g/mol. The molecule has 0 radical (unpaired) electrons. The first-order valence-electron chi connectivity index (χ1n) is 7.09. The second-order valence-corrected chi connectivity index (χ2v) is 7.57. The first kappa shape index (κ1) is 19.2. The van der Waals surface area contributed by atoms with Crippen LogP contribution in [0.15, 0.2) is 47.4 Å². The number of likely N-dealkylation sites (N-methyl/N-ethyl adjacent to an activating group) is 1. The van der Waals surface area contributed by atoms with Crippen molar-refractivity contribution in [3.63, 3.8) is 0 Å². The van der Waals surface area contributed by atoms with Crippen molar-refractivity contribution in [3.05, 3.63) is 53.3 Å². The van der Waals surface area contributed by atoms with Gasteiger partial charge in [0.05, 0.1) is 13.7 Å². The maximum absolute atomic E-state index is 13.9. The van der Waals surface area contributed by atoms with Gasteiger partial charge in [-0.05, 0) is 30.3 Å². The van der Waals surface area contributed by atoms with Crippen molar-refractivity contribution in [3.8, 4) is 5.75 Å². The summed E-state index contributed by atoms with van der Waals surface area (Å²) in [6.45, 7) is -0.485. The number of hydrogen-bond acceptors (Lipinski definition) is 4. The average Bonchev–Trinajstić information content (AvgIpc) is 2.54. The van der Waals surface area contributed by atoms with E-state index in [1.54, 1.807) is 24.3 Å². The molecule has 0 aliphatic carbocycles. The van der Waals surface area contributed by atoms with Crippen LogP contribution in [-0.4, -0.2) is 39.3 Å². The van der Waals surface area contributed by atoms with Crippen LogP contribution >= 0.6 is 11.6 Å². The molecule has 0 saturated heterocycles. The van der Waals surface area contributed by atoms with Crippen LogP contribution in [0, 0.1) is 5.82 Å². The number of carbonyl (C=O) groups excluding carboxylic acids is 1. The largest absolute Gasteiger partial charge is 0.497 e. The van der Waals surface area contributed by atoms with Crippen molar-refractivity contribution in [2.45, 2.75) is 4.90 Å². The van der Waals surface area contributed by atoms with E-state index in [-0.39, 0.29) is 5.02 Å². The number of rotatable bonds is 6. The van der Waals surface area contributed by atoms with Crippen LogP contribution < -0.4 is 10.1 Å². The fourth-order valence-electron chi connectivity index (χ4n) is 2.04. The molecule has 134 valence electrons. The summed E-state index contributed by atoms with van der Waals surface area (Å²) in [5.41, 5.74) is 0.452. The van der Waals surface area contributed by atoms with Crippen molar-refractivity contribution in [1.82, 2.24) is 4.31 Å². The first-order valence-corrected chi connectivity index (χ1v) is 8.91. The fraction of sp³-hybridized carbons (Fsp3) is 0.188. The molecule has 2 aromatic rings. The van der Waals surface area contributed by atoms with Crippen LogP contribution in [0.2, 0.25) is 5.02 Å². The van der Waals surface area contributed by atoms with Gasteiger partial charge in [0.2, 0.25) is 15.9 Å². The van der Waals surface area contributed by atoms with E-state index in [2.05, 4.69) is 5.32 Å². The lowest BCUT2D eigenvalue weighted by Gasteiger charge is -2.17. The van der Waals surface area contributed by atoms with Crippen LogP contribution in [0.25, 0.3) is 0 Å². The van der Waals surface area contributed by atoms with E-state index in [1.807, 2.05) is 0 Å². The highest BCUT2D eigenvalue weighted by Gasteiger charge is 2.26. The SMILES string of the molecule is COc1cccc(NC(=O)CN(C)S(=O)(=O)c2ccc(Cl)cc2F)c1. The summed E-state index contributed by atoms with van der Waals surface area (Å²) < 4.78 is 44.5. The van der Waals surface area contributed by atoms with Gasteiger partial charge in [-0.1, -0.05) is 17.7 Å². The zero-order valence-electron chi connectivity index (χ0n) is 13.5. The van der Waals surface area contributed by atoms with Gasteiger partial charge in [-0.2, -0.15) is 4.31 Å². The molecule has 0 bridgehead atoms. The third kappa shape index (κ3) is 4.68. The minimum absolute atomic E-state index is 0.0786. The van der Waals surface area contributed by atoms with E-state index in [4.69, 9.17) is 16.3 Å². The lowest BCUT2D eigenvalue weighted by atomic mass is 10.3. The van der Waals surface area contributed by atoms with Gasteiger partial charge in [-0.25, -0.2) is 12.8 Å². The summed E-state index contributed by atoms with van der Waals surface area (Å²) in [7, 11) is -1.50. The van der Waals surface area contributed by atoms with Gasteiger partial charge >= 0.3 is 0 Å². The lowest BCUT2D eigenvalue weighted by Crippen LogP contribution is -2.35. The zero-order valence-corrected chi connectivity index (χ0v) is 15.1. The predicted octanol–water partition coefficient (Wildman–Crippen LogP) is 2.75. The molecule has 0 aromatic heterocycles. The number of sulfonamides is 1. The van der Waals surface area contributed by atoms with E-state index in [9.17, 15) is 17.6 Å². The minimum atomic E-state index is -4.17. The second kappa shape index (κ2) is 7.81. The standard InChI is InChI=1S/C16H16ClFN2O4S/c1-20(25(22,23)15-7-6-11(17)8-14(15)18)10-16(21)19-12-4-3-5-13(9-12)24-2/h3-9H,10H2,1-2H3,(H,19,21). The Bertz CT molecular complexity index is 889. The Labute approximate surface area is 150 Å². The highest BCUT2D eigenvalue weighted by molar-refractivity contribution is 7.89. The Morgan fingerprint density at radius 2 is 2.00 bits per heavy atom. The molecule has 0 aliphatic heterocycles. The third-order valence-electron chi connectivity index (χ3n) is 3.30. The van der Waals surface area contributed by atoms with Gasteiger partial charge in [-0.3, -0.25) is 4.79 Å². The molecule has 9 heteroatoms. The summed E-state index contributed by atoms with van der Waals surface area (Å²) in [6, 6.07) is 9.83. The maximum atomic E-state index is 13.9. The molecule has 1 amide bonds. The Kier molecular flexibility index (Phi) is 5.99. The predicted molar refractivity (Wildman–Crippen MR) is 92.8 cm³/mol. The molecule has 6 nitrogen and oxygen atoms in total. The number of amides is 1. The number of halogens is 2. The minimum Gasteiger partial charge on any atom is -0.497 e. The van der Waals surface area contributed by atoms with Crippen LogP contribution in [0.5, 0.6) is 5.75 Å². The van der Waals surface area contributed by atoms with E-state index in [0.29, 0.717) is 11.4 Å². The summed E-state index contributed by atoms with van der Waals surface area (Å²) in [6.07, 6.45) is 0. The fourth-order valence-corrected chi connectivity index (χ4v) is 3.37. The summed E-state index contributed by atoms with van der Waals surface area (Å²) in [5, 5.41) is 2.63. The van der Waals surface area contributed by atoms with Gasteiger partial charge in [0, 0.05) is 23.8 Å². The Morgan fingerprint density at radius 3 is 2.64 bits per heavy atom. The summed E-state index contributed by atoms with van der Waals surface area (Å²) >= 11 is 5.62. The van der Waals surface area contributed by atoms with Gasteiger partial charge in [0.1, 0.15) is 16.5 Å². The Morgan fingerprint density at radius 1 is 1.28 bits per heavy atom. The molecular weight excluding hydrogens is 371 g/mol. The van der Waals surface area contributed by atoms with Gasteiger partial charge < -0.3 is 10.1 Å². The molecule has 0 aliphatic rings. The van der Waals surface area contributed by atoms with E-state index in [1.165, 1.54) is 20.2 Å². The third-order valence-corrected chi connectivity index (χ3v) is 5.37. The smallest absolute Gasteiger partial charge is 0.246 e. The van der Waals surface area contributed by atoms with Crippen LogP contribution in [0.3, 0.4) is 0 Å². The number of anilines is 1. The number of nitrogens with one attached hydrogen (secondary N) is 1. The molecule has 0 fully saturated rings. The normalized spacial score (nSPS) is 11.4. The molecule has 0 saturated carbocycles. The molecule has 0 atom stereocenters. The van der Waals surface area contributed by atoms with E-state index >= 15 is 0 Å². The van der Waals surface area contributed by atoms with Crippen molar-refractivity contribution >= 4 is 33.2 Å². The lowest BCUT2D eigenvalue weighted by molar-refractivity contribution is -0.116. The molecule has 25 heavy (non-hydrogen) atoms. The van der Waals surface area contributed by atoms with Crippen molar-refractivity contribution in [2.75, 3.05) is 26.0 Å². The van der Waals surface area contributed by atoms with E-state index < -0.39 is 33.2 Å². The summed E-state index contributed by atoms with van der Waals surface area (Å²) in [4.78, 5) is 11.5. The van der Waals surface area contributed by atoms with Crippen LogP contribution in [0.1, 0.15) is 0 Å². The number of carbonyl (C=O) groups is 1. The molecular formula is C16H16ClFN2O4S. The molecule has 1 N–H and O–H groups in total. The van der Waals surface area contributed by atoms with Crippen LogP contribution in [0.4, 0.5) is 10.1 Å². The van der Waals surface area contributed by atoms with Crippen LogP contribution in [-0.2, 0) is 14.8 Å². The first-order chi connectivity index (χ1) is 11.7. The summed E-state index contributed by atoms with van der Waals surface area (Å²) in [5.74, 6) is -1.01. The van der Waals surface area contributed by atoms with Crippen molar-refractivity contribution in [1.29, 1.82) is 0 Å². The molecule has 0 spiro atoms. The number of benzene rings is 2.